The van der Waals surface area contributed by atoms with E-state index in [9.17, 15) is 9.90 Å². The smallest absolute Gasteiger partial charge is 0.338 e. The molecular weight excluding hydrogens is 300 g/mol. The van der Waals surface area contributed by atoms with Gasteiger partial charge in [-0.1, -0.05) is 29.8 Å². The second-order valence-electron chi connectivity index (χ2n) is 6.04. The van der Waals surface area contributed by atoms with Gasteiger partial charge < -0.3 is 9.84 Å². The Morgan fingerprint density at radius 1 is 1.09 bits per heavy atom. The summed E-state index contributed by atoms with van der Waals surface area (Å²) in [6.45, 7) is 5.40. The number of benzene rings is 2. The topological polar surface area (TPSA) is 46.5 Å². The van der Waals surface area contributed by atoms with Gasteiger partial charge in [0.1, 0.15) is 5.60 Å². The van der Waals surface area contributed by atoms with E-state index < -0.39 is 5.60 Å². The molecule has 0 fully saturated rings. The number of hydrogen-bond acceptors (Lipinski definition) is 3. The van der Waals surface area contributed by atoms with Crippen LogP contribution in [0.1, 0.15) is 36.7 Å². The molecule has 0 aliphatic rings. The zero-order valence-corrected chi connectivity index (χ0v) is 13.6. The van der Waals surface area contributed by atoms with Crippen LogP contribution in [-0.2, 0) is 11.3 Å². The van der Waals surface area contributed by atoms with Gasteiger partial charge in [0.25, 0.3) is 0 Å². The highest BCUT2D eigenvalue weighted by atomic mass is 35.5. The molecule has 0 bridgehead atoms. The van der Waals surface area contributed by atoms with Crippen LogP contribution in [0, 0.1) is 0 Å². The lowest BCUT2D eigenvalue weighted by molar-refractivity contribution is 0.00696. The molecule has 0 spiro atoms. The molecule has 0 aliphatic carbocycles. The summed E-state index contributed by atoms with van der Waals surface area (Å²) < 4.78 is 5.33. The lowest BCUT2D eigenvalue weighted by Crippen LogP contribution is -2.23. The largest absolute Gasteiger partial charge is 0.456 e. The molecule has 0 amide bonds. The summed E-state index contributed by atoms with van der Waals surface area (Å²) in [5.74, 6) is -0.341. The molecule has 0 saturated carbocycles. The van der Waals surface area contributed by atoms with Crippen LogP contribution in [0.4, 0.5) is 0 Å². The number of rotatable bonds is 3. The maximum Gasteiger partial charge on any atom is 0.338 e. The predicted molar refractivity (Wildman–Crippen MR) is 88.0 cm³/mol. The average Bonchev–Trinajstić information content (AvgIpc) is 2.46. The number of carbonyl (C=O) groups is 1. The molecule has 116 valence electrons. The maximum absolute atomic E-state index is 12.0. The number of esters is 1. The fourth-order valence-corrected chi connectivity index (χ4v) is 2.19. The Morgan fingerprint density at radius 3 is 2.23 bits per heavy atom. The van der Waals surface area contributed by atoms with E-state index in [1.807, 2.05) is 45.0 Å². The summed E-state index contributed by atoms with van der Waals surface area (Å²) in [6.07, 6.45) is 0. The Labute approximate surface area is 135 Å². The Hall–Kier alpha value is -1.84. The van der Waals surface area contributed by atoms with E-state index in [0.29, 0.717) is 16.1 Å². The van der Waals surface area contributed by atoms with Crippen molar-refractivity contribution in [2.45, 2.75) is 33.0 Å². The third-order valence-corrected chi connectivity index (χ3v) is 3.44. The minimum absolute atomic E-state index is 0.108. The van der Waals surface area contributed by atoms with Crippen LogP contribution in [0.3, 0.4) is 0 Å². The molecular formula is C18H19ClO3. The highest BCUT2D eigenvalue weighted by Crippen LogP contribution is 2.26. The first-order valence-electron chi connectivity index (χ1n) is 7.03. The number of aliphatic hydroxyl groups is 1. The monoisotopic (exact) mass is 318 g/mol. The lowest BCUT2D eigenvalue weighted by atomic mass is 10.0. The van der Waals surface area contributed by atoms with Gasteiger partial charge in [0, 0.05) is 5.02 Å². The van der Waals surface area contributed by atoms with Gasteiger partial charge in [-0.2, -0.15) is 0 Å². The molecule has 0 aromatic heterocycles. The van der Waals surface area contributed by atoms with E-state index in [0.717, 1.165) is 11.1 Å². The minimum atomic E-state index is -0.512. The first-order chi connectivity index (χ1) is 10.3. The molecule has 0 unspecified atom stereocenters. The number of aliphatic hydroxyl groups excluding tert-OH is 1. The van der Waals surface area contributed by atoms with Gasteiger partial charge in [0.15, 0.2) is 0 Å². The summed E-state index contributed by atoms with van der Waals surface area (Å²) in [7, 11) is 0. The summed E-state index contributed by atoms with van der Waals surface area (Å²) in [4.78, 5) is 12.0. The summed E-state index contributed by atoms with van der Waals surface area (Å²) >= 11 is 5.99. The normalized spacial score (nSPS) is 11.3. The molecule has 3 nitrogen and oxygen atoms in total. The first kappa shape index (κ1) is 16.5. The molecule has 22 heavy (non-hydrogen) atoms. The number of carbonyl (C=O) groups excluding carboxylic acids is 1. The van der Waals surface area contributed by atoms with Gasteiger partial charge in [-0.15, -0.1) is 0 Å². The van der Waals surface area contributed by atoms with E-state index in [-0.39, 0.29) is 12.6 Å². The zero-order chi connectivity index (χ0) is 16.3. The van der Waals surface area contributed by atoms with Gasteiger partial charge in [-0.3, -0.25) is 0 Å². The molecule has 2 aromatic rings. The number of ether oxygens (including phenoxy) is 1. The summed E-state index contributed by atoms with van der Waals surface area (Å²) in [6, 6.07) is 12.6. The van der Waals surface area contributed by atoms with Gasteiger partial charge in [0.2, 0.25) is 0 Å². The molecule has 0 saturated heterocycles. The lowest BCUT2D eigenvalue weighted by Gasteiger charge is -2.19. The molecule has 0 atom stereocenters. The molecule has 0 aliphatic heterocycles. The summed E-state index contributed by atoms with van der Waals surface area (Å²) in [5.41, 5.74) is 2.55. The molecule has 2 rings (SSSR count). The van der Waals surface area contributed by atoms with Gasteiger partial charge >= 0.3 is 5.97 Å². The third kappa shape index (κ3) is 4.09. The molecule has 1 N–H and O–H groups in total. The van der Waals surface area contributed by atoms with Crippen molar-refractivity contribution in [2.75, 3.05) is 0 Å². The Morgan fingerprint density at radius 2 is 1.68 bits per heavy atom. The summed E-state index contributed by atoms with van der Waals surface area (Å²) in [5, 5.41) is 9.81. The van der Waals surface area contributed by atoms with Crippen LogP contribution in [-0.4, -0.2) is 16.7 Å². The second-order valence-corrected chi connectivity index (χ2v) is 6.45. The molecule has 4 heteroatoms. The van der Waals surface area contributed by atoms with Crippen molar-refractivity contribution in [3.05, 3.63) is 58.6 Å². The van der Waals surface area contributed by atoms with Crippen LogP contribution < -0.4 is 0 Å². The second kappa shape index (κ2) is 6.51. The minimum Gasteiger partial charge on any atom is -0.456 e. The van der Waals surface area contributed by atoms with Crippen LogP contribution >= 0.6 is 11.6 Å². The molecule has 0 heterocycles. The van der Waals surface area contributed by atoms with Crippen molar-refractivity contribution >= 4 is 17.6 Å². The maximum atomic E-state index is 12.0. The van der Waals surface area contributed by atoms with Crippen molar-refractivity contribution in [2.24, 2.45) is 0 Å². The SMILES string of the molecule is CC(C)(C)OC(=O)c1ccc(-c2ccc(Cl)c(CO)c2)cc1. The van der Waals surface area contributed by atoms with E-state index in [4.69, 9.17) is 16.3 Å². The van der Waals surface area contributed by atoms with Crippen molar-refractivity contribution in [3.8, 4) is 11.1 Å². The quantitative estimate of drug-likeness (QED) is 0.850. The van der Waals surface area contributed by atoms with Gasteiger partial charge in [0.05, 0.1) is 12.2 Å². The van der Waals surface area contributed by atoms with Crippen molar-refractivity contribution in [1.82, 2.24) is 0 Å². The number of halogens is 1. The van der Waals surface area contributed by atoms with Crippen molar-refractivity contribution in [1.29, 1.82) is 0 Å². The zero-order valence-electron chi connectivity index (χ0n) is 12.9. The van der Waals surface area contributed by atoms with E-state index in [1.165, 1.54) is 0 Å². The Balaban J connectivity index is 2.24. The Kier molecular flexibility index (Phi) is 4.89. The van der Waals surface area contributed by atoms with Crippen LogP contribution in [0.25, 0.3) is 11.1 Å². The van der Waals surface area contributed by atoms with Gasteiger partial charge in [-0.05, 0) is 61.7 Å². The molecule has 2 aromatic carbocycles. The third-order valence-electron chi connectivity index (χ3n) is 3.07. The fraction of sp³-hybridized carbons (Fsp3) is 0.278. The first-order valence-corrected chi connectivity index (χ1v) is 7.41. The standard InChI is InChI=1S/C18H19ClO3/c1-18(2,3)22-17(21)13-6-4-12(5-7-13)14-8-9-16(19)15(10-14)11-20/h4-10,20H,11H2,1-3H3. The number of hydrogen-bond donors (Lipinski definition) is 1. The van der Waals surface area contributed by atoms with E-state index >= 15 is 0 Å². The van der Waals surface area contributed by atoms with Crippen LogP contribution in [0.15, 0.2) is 42.5 Å². The average molecular weight is 319 g/mol. The Bertz CT molecular complexity index is 670. The van der Waals surface area contributed by atoms with Crippen molar-refractivity contribution in [3.63, 3.8) is 0 Å². The fourth-order valence-electron chi connectivity index (χ4n) is 2.01. The van der Waals surface area contributed by atoms with Crippen LogP contribution in [0.5, 0.6) is 0 Å². The van der Waals surface area contributed by atoms with Crippen LogP contribution in [0.2, 0.25) is 5.02 Å². The van der Waals surface area contributed by atoms with E-state index in [2.05, 4.69) is 0 Å². The van der Waals surface area contributed by atoms with Crippen molar-refractivity contribution < 1.29 is 14.6 Å². The molecule has 0 radical (unpaired) electrons. The highest BCUT2D eigenvalue weighted by Gasteiger charge is 2.17. The van der Waals surface area contributed by atoms with E-state index in [1.54, 1.807) is 18.2 Å². The predicted octanol–water partition coefficient (Wildman–Crippen LogP) is 4.45. The van der Waals surface area contributed by atoms with Gasteiger partial charge in [-0.25, -0.2) is 4.79 Å². The highest BCUT2D eigenvalue weighted by molar-refractivity contribution is 6.31.